The number of hydrogen-bond donors (Lipinski definition) is 1. The second-order valence-electron chi connectivity index (χ2n) is 4.14. The van der Waals surface area contributed by atoms with E-state index in [1.807, 2.05) is 0 Å². The van der Waals surface area contributed by atoms with Gasteiger partial charge in [0.2, 0.25) is 0 Å². The molecule has 0 bridgehead atoms. The van der Waals surface area contributed by atoms with Crippen LogP contribution >= 0.6 is 0 Å². The zero-order valence-corrected chi connectivity index (χ0v) is 9.20. The van der Waals surface area contributed by atoms with E-state index in [0.29, 0.717) is 0 Å². The number of carboxylic acid groups (broad SMARTS) is 1. The van der Waals surface area contributed by atoms with E-state index in [2.05, 4.69) is 0 Å². The average Bonchev–Trinajstić information content (AvgIpc) is 2.54. The van der Waals surface area contributed by atoms with Crippen molar-refractivity contribution in [3.8, 4) is 0 Å². The molecular formula is C8H11NO6S. The number of carboxylic acids is 1. The van der Waals surface area contributed by atoms with Crippen LogP contribution in [-0.4, -0.2) is 60.7 Å². The van der Waals surface area contributed by atoms with E-state index in [0.717, 1.165) is 4.90 Å². The molecule has 0 aliphatic carbocycles. The summed E-state index contributed by atoms with van der Waals surface area (Å²) in [5.41, 5.74) is -1.02. The van der Waals surface area contributed by atoms with E-state index in [1.54, 1.807) is 0 Å². The second-order valence-corrected chi connectivity index (χ2v) is 6.33. The minimum absolute atomic E-state index is 0.0127. The van der Waals surface area contributed by atoms with Gasteiger partial charge in [-0.25, -0.2) is 13.2 Å². The number of ether oxygens (including phenoxy) is 1. The topological polar surface area (TPSA) is 101 Å². The second kappa shape index (κ2) is 3.34. The molecule has 0 aromatic rings. The van der Waals surface area contributed by atoms with Crippen molar-refractivity contribution in [2.24, 2.45) is 0 Å². The minimum atomic E-state index is -3.16. The quantitative estimate of drug-likeness (QED) is 0.679. The summed E-state index contributed by atoms with van der Waals surface area (Å²) < 4.78 is 27.6. The number of aliphatic carboxylic acids is 1. The van der Waals surface area contributed by atoms with Gasteiger partial charge >= 0.3 is 12.1 Å². The maximum absolute atomic E-state index is 11.3. The molecule has 0 aromatic carbocycles. The zero-order chi connectivity index (χ0) is 12.0. The highest BCUT2D eigenvalue weighted by molar-refractivity contribution is 7.91. The smallest absolute Gasteiger partial charge is 0.411 e. The molecule has 2 heterocycles. The molecule has 2 rings (SSSR count). The minimum Gasteiger partial charge on any atom is -0.480 e. The molecule has 2 saturated heterocycles. The van der Waals surface area contributed by atoms with Crippen molar-refractivity contribution in [3.05, 3.63) is 0 Å². The number of sulfone groups is 1. The molecule has 0 radical (unpaired) electrons. The van der Waals surface area contributed by atoms with E-state index in [4.69, 9.17) is 9.84 Å². The van der Waals surface area contributed by atoms with Crippen LogP contribution in [0.15, 0.2) is 0 Å². The number of hydrogen-bond acceptors (Lipinski definition) is 5. The molecule has 7 nitrogen and oxygen atoms in total. The van der Waals surface area contributed by atoms with Gasteiger partial charge in [-0.1, -0.05) is 0 Å². The molecule has 1 N–H and O–H groups in total. The Labute approximate surface area is 91.9 Å². The van der Waals surface area contributed by atoms with Crippen LogP contribution in [-0.2, 0) is 19.4 Å². The van der Waals surface area contributed by atoms with Crippen LogP contribution in [0.4, 0.5) is 4.79 Å². The zero-order valence-electron chi connectivity index (χ0n) is 8.38. The Kier molecular flexibility index (Phi) is 2.33. The highest BCUT2D eigenvalue weighted by atomic mass is 32.2. The lowest BCUT2D eigenvalue weighted by Crippen LogP contribution is -2.37. The highest BCUT2D eigenvalue weighted by Gasteiger charge is 2.52. The summed E-state index contributed by atoms with van der Waals surface area (Å²) in [4.78, 5) is 22.8. The van der Waals surface area contributed by atoms with Crippen LogP contribution in [0.5, 0.6) is 0 Å². The lowest BCUT2D eigenvalue weighted by atomic mass is 10.0. The first-order valence-corrected chi connectivity index (χ1v) is 6.54. The first-order valence-electron chi connectivity index (χ1n) is 4.72. The van der Waals surface area contributed by atoms with E-state index >= 15 is 0 Å². The monoisotopic (exact) mass is 249 g/mol. The van der Waals surface area contributed by atoms with E-state index in [-0.39, 0.29) is 24.5 Å². The summed E-state index contributed by atoms with van der Waals surface area (Å²) in [6.07, 6.45) is -0.503. The van der Waals surface area contributed by atoms with Crippen LogP contribution in [0.2, 0.25) is 0 Å². The van der Waals surface area contributed by atoms with Crippen molar-refractivity contribution in [2.75, 3.05) is 24.6 Å². The number of amides is 1. The molecule has 1 spiro atoms. The Morgan fingerprint density at radius 1 is 1.56 bits per heavy atom. The molecular weight excluding hydrogens is 238 g/mol. The Balaban J connectivity index is 2.12. The van der Waals surface area contributed by atoms with Crippen LogP contribution < -0.4 is 0 Å². The Morgan fingerprint density at radius 2 is 2.25 bits per heavy atom. The van der Waals surface area contributed by atoms with Gasteiger partial charge in [-0.3, -0.25) is 9.69 Å². The van der Waals surface area contributed by atoms with Gasteiger partial charge in [0.05, 0.1) is 18.1 Å². The van der Waals surface area contributed by atoms with Gasteiger partial charge in [0, 0.05) is 6.42 Å². The first-order chi connectivity index (χ1) is 7.32. The fraction of sp³-hybridized carbons (Fsp3) is 0.750. The van der Waals surface area contributed by atoms with Gasteiger partial charge in [0.25, 0.3) is 0 Å². The third-order valence-corrected chi connectivity index (χ3v) is 4.51. The summed E-state index contributed by atoms with van der Waals surface area (Å²) >= 11 is 0. The molecule has 1 amide bonds. The predicted octanol–water partition coefficient (Wildman–Crippen LogP) is -0.919. The predicted molar refractivity (Wildman–Crippen MR) is 51.7 cm³/mol. The van der Waals surface area contributed by atoms with Crippen molar-refractivity contribution in [3.63, 3.8) is 0 Å². The fourth-order valence-electron chi connectivity index (χ4n) is 2.07. The maximum Gasteiger partial charge on any atom is 0.411 e. The van der Waals surface area contributed by atoms with Crippen LogP contribution in [0.3, 0.4) is 0 Å². The normalized spacial score (nSPS) is 32.0. The SMILES string of the molecule is O=C(O)CN1CC2(CCS(=O)(=O)C2)OC1=O. The van der Waals surface area contributed by atoms with Crippen molar-refractivity contribution in [1.29, 1.82) is 0 Å². The van der Waals surface area contributed by atoms with Crippen molar-refractivity contribution < 1.29 is 27.9 Å². The van der Waals surface area contributed by atoms with Crippen molar-refractivity contribution in [1.82, 2.24) is 4.90 Å². The molecule has 2 fully saturated rings. The van der Waals surface area contributed by atoms with Crippen molar-refractivity contribution in [2.45, 2.75) is 12.0 Å². The van der Waals surface area contributed by atoms with Crippen molar-refractivity contribution >= 4 is 21.9 Å². The summed E-state index contributed by atoms with van der Waals surface area (Å²) in [6, 6.07) is 0. The molecule has 0 saturated carbocycles. The fourth-order valence-corrected chi connectivity index (χ4v) is 3.99. The van der Waals surface area contributed by atoms with Crippen LogP contribution in [0.1, 0.15) is 6.42 Å². The summed E-state index contributed by atoms with van der Waals surface area (Å²) in [5, 5.41) is 8.56. The Morgan fingerprint density at radius 3 is 2.75 bits per heavy atom. The van der Waals surface area contributed by atoms with Gasteiger partial charge < -0.3 is 9.84 Å². The highest BCUT2D eigenvalue weighted by Crippen LogP contribution is 2.33. The number of nitrogens with zero attached hydrogens (tertiary/aromatic N) is 1. The summed E-state index contributed by atoms with van der Waals surface area (Å²) in [6.45, 7) is -0.419. The molecule has 1 unspecified atom stereocenters. The third kappa shape index (κ3) is 1.97. The van der Waals surface area contributed by atoms with E-state index in [9.17, 15) is 18.0 Å². The summed E-state index contributed by atoms with van der Waals surface area (Å²) in [5.74, 6) is -1.36. The molecule has 2 aliphatic rings. The Bertz CT molecular complexity index is 443. The number of rotatable bonds is 2. The van der Waals surface area contributed by atoms with E-state index < -0.39 is 34.0 Å². The first kappa shape index (κ1) is 11.2. The molecule has 1 atom stereocenters. The number of carbonyl (C=O) groups is 2. The average molecular weight is 249 g/mol. The third-order valence-electron chi connectivity index (χ3n) is 2.72. The molecule has 16 heavy (non-hydrogen) atoms. The molecule has 8 heteroatoms. The van der Waals surface area contributed by atoms with Gasteiger partial charge in [-0.15, -0.1) is 0 Å². The molecule has 0 aromatic heterocycles. The number of carbonyl (C=O) groups excluding carboxylic acids is 1. The molecule has 2 aliphatic heterocycles. The van der Waals surface area contributed by atoms with Gasteiger partial charge in [-0.2, -0.15) is 0 Å². The van der Waals surface area contributed by atoms with Crippen LogP contribution in [0, 0.1) is 0 Å². The van der Waals surface area contributed by atoms with E-state index in [1.165, 1.54) is 0 Å². The van der Waals surface area contributed by atoms with Crippen LogP contribution in [0.25, 0.3) is 0 Å². The summed E-state index contributed by atoms with van der Waals surface area (Å²) in [7, 11) is -3.16. The molecule has 90 valence electrons. The standard InChI is InChI=1S/C8H11NO6S/c10-6(11)3-9-4-8(15-7(9)12)1-2-16(13,14)5-8/h1-5H2,(H,10,11). The largest absolute Gasteiger partial charge is 0.480 e. The Hall–Kier alpha value is -1.31. The lowest BCUT2D eigenvalue weighted by Gasteiger charge is -2.17. The maximum atomic E-state index is 11.3. The van der Waals surface area contributed by atoms with Gasteiger partial charge in [-0.05, 0) is 0 Å². The van der Waals surface area contributed by atoms with Gasteiger partial charge in [0.15, 0.2) is 9.84 Å². The van der Waals surface area contributed by atoms with Gasteiger partial charge in [0.1, 0.15) is 12.1 Å². The lowest BCUT2D eigenvalue weighted by molar-refractivity contribution is -0.137.